The van der Waals surface area contributed by atoms with Gasteiger partial charge in [-0.2, -0.15) is 0 Å². The van der Waals surface area contributed by atoms with Crippen molar-refractivity contribution in [1.29, 1.82) is 0 Å². The van der Waals surface area contributed by atoms with E-state index in [1.165, 1.54) is 12.1 Å². The van der Waals surface area contributed by atoms with Gasteiger partial charge in [-0.05, 0) is 57.5 Å². The predicted molar refractivity (Wildman–Crippen MR) is 121 cm³/mol. The highest BCUT2D eigenvalue weighted by Crippen LogP contribution is 2.31. The minimum atomic E-state index is -0.424. The molecule has 1 fully saturated rings. The molecule has 3 aromatic rings. The van der Waals surface area contributed by atoms with Gasteiger partial charge in [-0.25, -0.2) is 4.39 Å². The second-order valence-electron chi connectivity index (χ2n) is 8.62. The molecule has 2 aromatic heterocycles. The molecule has 0 spiro atoms. The van der Waals surface area contributed by atoms with Crippen molar-refractivity contribution in [1.82, 2.24) is 25.1 Å². The fourth-order valence-electron chi connectivity index (χ4n) is 4.54. The van der Waals surface area contributed by atoms with E-state index in [0.717, 1.165) is 36.1 Å². The minimum absolute atomic E-state index is 0.000218. The number of benzene rings is 1. The normalized spacial score (nSPS) is 16.9. The summed E-state index contributed by atoms with van der Waals surface area (Å²) < 4.78 is 16.3. The number of amides is 1. The van der Waals surface area contributed by atoms with E-state index < -0.39 is 5.82 Å². The third kappa shape index (κ3) is 4.07. The lowest BCUT2D eigenvalue weighted by molar-refractivity contribution is 0.0643. The number of rotatable bonds is 5. The maximum absolute atomic E-state index is 14.3. The molecule has 3 heterocycles. The first-order valence-corrected chi connectivity index (χ1v) is 10.9. The molecule has 1 amide bonds. The highest BCUT2D eigenvalue weighted by atomic mass is 19.1. The van der Waals surface area contributed by atoms with Crippen LogP contribution in [0.3, 0.4) is 0 Å². The Morgan fingerprint density at radius 3 is 2.65 bits per heavy atom. The molecule has 1 atom stereocenters. The van der Waals surface area contributed by atoms with Crippen molar-refractivity contribution in [2.45, 2.75) is 45.8 Å². The van der Waals surface area contributed by atoms with Crippen LogP contribution in [0.5, 0.6) is 0 Å². The van der Waals surface area contributed by atoms with Crippen LogP contribution in [0.2, 0.25) is 0 Å². The van der Waals surface area contributed by atoms with E-state index in [9.17, 15) is 9.18 Å². The number of piperazine rings is 1. The number of pyridine rings is 1. The molecule has 164 valence electrons. The molecule has 1 aliphatic heterocycles. The number of halogens is 1. The first-order chi connectivity index (χ1) is 14.9. The molecule has 0 aliphatic carbocycles. The highest BCUT2D eigenvalue weighted by molar-refractivity contribution is 5.99. The lowest BCUT2D eigenvalue weighted by atomic mass is 10.1. The number of aromatic nitrogens is 2. The standard InChI is InChI=1S/C24H30FN5O/c1-15(2)30(16(3)4)24(31)19-11-17(25)5-6-22(19)29-14-20(21-12-27-9-10-28-21)18-7-8-26-13-23(18)29/h5-8,11,13-16,21,27-28H,9-10,12H2,1-4H3. The Bertz CT molecular complexity index is 1080. The molecule has 1 aliphatic rings. The zero-order valence-corrected chi connectivity index (χ0v) is 18.5. The molecular weight excluding hydrogens is 393 g/mol. The largest absolute Gasteiger partial charge is 0.334 e. The zero-order chi connectivity index (χ0) is 22.1. The van der Waals surface area contributed by atoms with Gasteiger partial charge in [-0.3, -0.25) is 9.78 Å². The molecule has 1 saturated heterocycles. The summed E-state index contributed by atoms with van der Waals surface area (Å²) in [6, 6.07) is 6.59. The first-order valence-electron chi connectivity index (χ1n) is 10.9. The van der Waals surface area contributed by atoms with Crippen LogP contribution in [0.4, 0.5) is 4.39 Å². The summed E-state index contributed by atoms with van der Waals surface area (Å²) in [4.78, 5) is 19.6. The molecule has 2 N–H and O–H groups in total. The summed E-state index contributed by atoms with van der Waals surface area (Å²) in [7, 11) is 0. The molecule has 31 heavy (non-hydrogen) atoms. The van der Waals surface area contributed by atoms with Crippen molar-refractivity contribution in [2.75, 3.05) is 19.6 Å². The topological polar surface area (TPSA) is 62.2 Å². The lowest BCUT2D eigenvalue weighted by Crippen LogP contribution is -2.42. The number of nitrogens with zero attached hydrogens (tertiary/aromatic N) is 3. The SMILES string of the molecule is CC(C)N(C(=O)c1cc(F)ccc1-n1cc(C2CNCCN2)c2ccncc21)C(C)C. The molecule has 1 unspecified atom stereocenters. The highest BCUT2D eigenvalue weighted by Gasteiger charge is 2.27. The Morgan fingerprint density at radius 2 is 1.97 bits per heavy atom. The summed E-state index contributed by atoms with van der Waals surface area (Å²) in [5.74, 6) is -0.600. The number of hydrogen-bond donors (Lipinski definition) is 2. The summed E-state index contributed by atoms with van der Waals surface area (Å²) in [5.41, 5.74) is 3.04. The summed E-state index contributed by atoms with van der Waals surface area (Å²) in [5, 5.41) is 8.05. The summed E-state index contributed by atoms with van der Waals surface area (Å²) in [6.07, 6.45) is 5.63. The molecular formula is C24H30FN5O. The van der Waals surface area contributed by atoms with Crippen molar-refractivity contribution in [2.24, 2.45) is 0 Å². The second-order valence-corrected chi connectivity index (χ2v) is 8.62. The average Bonchev–Trinajstić information content (AvgIpc) is 3.13. The molecule has 0 bridgehead atoms. The van der Waals surface area contributed by atoms with Gasteiger partial charge in [-0.1, -0.05) is 0 Å². The average molecular weight is 424 g/mol. The van der Waals surface area contributed by atoms with Crippen LogP contribution in [-0.2, 0) is 0 Å². The number of fused-ring (bicyclic) bond motifs is 1. The van der Waals surface area contributed by atoms with Crippen LogP contribution in [0.1, 0.15) is 49.7 Å². The van der Waals surface area contributed by atoms with Crippen LogP contribution in [0.25, 0.3) is 16.6 Å². The maximum Gasteiger partial charge on any atom is 0.256 e. The Hall–Kier alpha value is -2.77. The van der Waals surface area contributed by atoms with Crippen LogP contribution < -0.4 is 10.6 Å². The van der Waals surface area contributed by atoms with Gasteiger partial charge in [0.1, 0.15) is 5.82 Å². The zero-order valence-electron chi connectivity index (χ0n) is 18.5. The maximum atomic E-state index is 14.3. The Kier molecular flexibility index (Phi) is 6.07. The third-order valence-corrected chi connectivity index (χ3v) is 5.85. The Morgan fingerprint density at radius 1 is 1.19 bits per heavy atom. The van der Waals surface area contributed by atoms with Gasteiger partial charge in [0.15, 0.2) is 0 Å². The summed E-state index contributed by atoms with van der Waals surface area (Å²) >= 11 is 0. The van der Waals surface area contributed by atoms with Crippen molar-refractivity contribution in [3.05, 3.63) is 59.8 Å². The molecule has 7 heteroatoms. The van der Waals surface area contributed by atoms with Crippen LogP contribution in [-0.4, -0.2) is 52.1 Å². The van der Waals surface area contributed by atoms with Gasteiger partial charge >= 0.3 is 0 Å². The monoisotopic (exact) mass is 423 g/mol. The molecule has 1 aromatic carbocycles. The van der Waals surface area contributed by atoms with Gasteiger partial charge in [0, 0.05) is 55.5 Å². The number of nitrogens with one attached hydrogen (secondary N) is 2. The van der Waals surface area contributed by atoms with Crippen molar-refractivity contribution >= 4 is 16.8 Å². The van der Waals surface area contributed by atoms with Gasteiger partial charge in [0.25, 0.3) is 5.91 Å². The van der Waals surface area contributed by atoms with Crippen LogP contribution >= 0.6 is 0 Å². The first kappa shape index (κ1) is 21.5. The van der Waals surface area contributed by atoms with E-state index in [1.54, 1.807) is 23.4 Å². The number of carbonyl (C=O) groups excluding carboxylic acids is 1. The lowest BCUT2D eigenvalue weighted by Gasteiger charge is -2.31. The number of hydrogen-bond acceptors (Lipinski definition) is 4. The van der Waals surface area contributed by atoms with E-state index in [4.69, 9.17) is 0 Å². The van der Waals surface area contributed by atoms with E-state index in [0.29, 0.717) is 11.3 Å². The Balaban J connectivity index is 1.88. The molecule has 6 nitrogen and oxygen atoms in total. The van der Waals surface area contributed by atoms with Gasteiger partial charge < -0.3 is 20.1 Å². The van der Waals surface area contributed by atoms with E-state index in [2.05, 4.69) is 21.8 Å². The second kappa shape index (κ2) is 8.77. The van der Waals surface area contributed by atoms with Gasteiger partial charge in [-0.15, -0.1) is 0 Å². The van der Waals surface area contributed by atoms with Crippen molar-refractivity contribution < 1.29 is 9.18 Å². The van der Waals surface area contributed by atoms with Gasteiger partial charge in [0.2, 0.25) is 0 Å². The van der Waals surface area contributed by atoms with Crippen LogP contribution in [0, 0.1) is 5.82 Å². The fraction of sp³-hybridized carbons (Fsp3) is 0.417. The smallest absolute Gasteiger partial charge is 0.256 e. The van der Waals surface area contributed by atoms with E-state index >= 15 is 0 Å². The van der Waals surface area contributed by atoms with E-state index in [1.807, 2.05) is 38.3 Å². The predicted octanol–water partition coefficient (Wildman–Crippen LogP) is 3.66. The minimum Gasteiger partial charge on any atom is -0.334 e. The molecule has 0 radical (unpaired) electrons. The van der Waals surface area contributed by atoms with E-state index in [-0.39, 0.29) is 24.0 Å². The van der Waals surface area contributed by atoms with Crippen LogP contribution in [0.15, 0.2) is 42.9 Å². The summed E-state index contributed by atoms with van der Waals surface area (Å²) in [6.45, 7) is 10.6. The van der Waals surface area contributed by atoms with Crippen molar-refractivity contribution in [3.63, 3.8) is 0 Å². The quantitative estimate of drug-likeness (QED) is 0.658. The molecule has 4 rings (SSSR count). The fourth-order valence-corrected chi connectivity index (χ4v) is 4.54. The molecule has 0 saturated carbocycles. The van der Waals surface area contributed by atoms with Gasteiger partial charge in [0.05, 0.1) is 23.0 Å². The van der Waals surface area contributed by atoms with Crippen molar-refractivity contribution in [3.8, 4) is 5.69 Å². The number of carbonyl (C=O) groups is 1. The third-order valence-electron chi connectivity index (χ3n) is 5.85. The Labute approximate surface area is 182 Å².